The molecule has 1 aliphatic heterocycles. The lowest BCUT2D eigenvalue weighted by atomic mass is 10.1. The quantitative estimate of drug-likeness (QED) is 0.774. The Kier molecular flexibility index (Phi) is 3.75. The molecule has 3 heterocycles. The van der Waals surface area contributed by atoms with Crippen LogP contribution in [0.5, 0.6) is 0 Å². The second kappa shape index (κ2) is 6.16. The summed E-state index contributed by atoms with van der Waals surface area (Å²) in [7, 11) is 0. The molecule has 0 radical (unpaired) electrons. The van der Waals surface area contributed by atoms with Crippen LogP contribution in [0, 0.1) is 0 Å². The lowest BCUT2D eigenvalue weighted by Crippen LogP contribution is -2.44. The van der Waals surface area contributed by atoms with Crippen LogP contribution in [0.2, 0.25) is 0 Å². The van der Waals surface area contributed by atoms with Gasteiger partial charge in [-0.2, -0.15) is 0 Å². The van der Waals surface area contributed by atoms with E-state index in [-0.39, 0.29) is 11.9 Å². The first-order valence-corrected chi connectivity index (χ1v) is 9.52. The van der Waals surface area contributed by atoms with E-state index in [4.69, 9.17) is 0 Å². The third-order valence-corrected chi connectivity index (χ3v) is 5.79. The van der Waals surface area contributed by atoms with Gasteiger partial charge in [0.15, 0.2) is 5.65 Å². The first-order chi connectivity index (χ1) is 13.1. The molecule has 27 heavy (non-hydrogen) atoms. The van der Waals surface area contributed by atoms with Gasteiger partial charge in [0.2, 0.25) is 0 Å². The van der Waals surface area contributed by atoms with Crippen molar-refractivity contribution >= 4 is 17.1 Å². The topological polar surface area (TPSA) is 71.2 Å². The van der Waals surface area contributed by atoms with Crippen LogP contribution in [0.3, 0.4) is 0 Å². The number of benzene rings is 1. The van der Waals surface area contributed by atoms with Gasteiger partial charge < -0.3 is 14.6 Å². The zero-order valence-electron chi connectivity index (χ0n) is 15.1. The maximum Gasteiger partial charge on any atom is 0.255 e. The van der Waals surface area contributed by atoms with Gasteiger partial charge in [-0.05, 0) is 37.3 Å². The summed E-state index contributed by atoms with van der Waals surface area (Å²) in [5.74, 6) is -0.0511. The van der Waals surface area contributed by atoms with E-state index >= 15 is 0 Å². The summed E-state index contributed by atoms with van der Waals surface area (Å²) >= 11 is 0. The van der Waals surface area contributed by atoms with Gasteiger partial charge in [0, 0.05) is 12.7 Å². The molecule has 2 aromatic heterocycles. The van der Waals surface area contributed by atoms with Crippen LogP contribution in [-0.2, 0) is 6.54 Å². The number of pyridine rings is 1. The zero-order chi connectivity index (χ0) is 18.4. The van der Waals surface area contributed by atoms with Crippen LogP contribution < -0.4 is 0 Å². The molecule has 1 atom stereocenters. The average molecular weight is 362 g/mol. The number of carbonyl (C=O) groups excluding carboxylic acids is 1. The minimum Gasteiger partial charge on any atom is -0.388 e. The molecule has 0 spiro atoms. The number of aliphatic hydroxyl groups is 1. The highest BCUT2D eigenvalue weighted by Gasteiger charge is 2.52. The molecule has 2 aliphatic rings. The van der Waals surface area contributed by atoms with Gasteiger partial charge in [-0.1, -0.05) is 30.3 Å². The van der Waals surface area contributed by atoms with Crippen molar-refractivity contribution in [3.05, 3.63) is 60.0 Å². The van der Waals surface area contributed by atoms with Crippen molar-refractivity contribution in [3.8, 4) is 0 Å². The molecule has 138 valence electrons. The van der Waals surface area contributed by atoms with E-state index in [0.717, 1.165) is 36.8 Å². The summed E-state index contributed by atoms with van der Waals surface area (Å²) < 4.78 is 1.99. The van der Waals surface area contributed by atoms with Gasteiger partial charge in [-0.3, -0.25) is 4.79 Å². The Labute approximate surface area is 157 Å². The van der Waals surface area contributed by atoms with E-state index in [1.807, 2.05) is 33.7 Å². The van der Waals surface area contributed by atoms with Gasteiger partial charge in [-0.25, -0.2) is 9.97 Å². The molecule has 1 saturated carbocycles. The minimum absolute atomic E-state index is 0.0511. The monoisotopic (exact) mass is 362 g/mol. The van der Waals surface area contributed by atoms with Crippen molar-refractivity contribution in [2.24, 2.45) is 0 Å². The Morgan fingerprint density at radius 1 is 1.22 bits per heavy atom. The number of imidazole rings is 1. The molecule has 6 nitrogen and oxygen atoms in total. The van der Waals surface area contributed by atoms with Gasteiger partial charge in [0.05, 0.1) is 30.1 Å². The first-order valence-electron chi connectivity index (χ1n) is 9.52. The number of rotatable bonds is 4. The van der Waals surface area contributed by atoms with E-state index in [0.29, 0.717) is 18.7 Å². The molecule has 6 heteroatoms. The zero-order valence-corrected chi connectivity index (χ0v) is 15.1. The molecule has 1 N–H and O–H groups in total. The standard InChI is InChI=1S/C21H22N4O2/c26-20(25-10-4-7-18(25)21(27)8-9-21)16-11-17-19(22-12-16)24(14-23-17)13-15-5-2-1-3-6-15/h1-3,5-6,11-12,14,18,27H,4,7-10,13H2. The highest BCUT2D eigenvalue weighted by molar-refractivity contribution is 5.96. The third-order valence-electron chi connectivity index (χ3n) is 5.79. The number of nitrogens with zero attached hydrogens (tertiary/aromatic N) is 4. The number of fused-ring (bicyclic) bond motifs is 1. The lowest BCUT2D eigenvalue weighted by Gasteiger charge is -2.28. The molecule has 1 amide bonds. The van der Waals surface area contributed by atoms with Gasteiger partial charge >= 0.3 is 0 Å². The van der Waals surface area contributed by atoms with Crippen molar-refractivity contribution in [2.45, 2.75) is 43.9 Å². The van der Waals surface area contributed by atoms with E-state index in [1.54, 1.807) is 12.5 Å². The summed E-state index contributed by atoms with van der Waals surface area (Å²) in [5, 5.41) is 10.5. The van der Waals surface area contributed by atoms with Crippen molar-refractivity contribution in [2.75, 3.05) is 6.54 Å². The first kappa shape index (κ1) is 16.4. The van der Waals surface area contributed by atoms with E-state index in [2.05, 4.69) is 22.1 Å². The number of amides is 1. The van der Waals surface area contributed by atoms with Crippen LogP contribution >= 0.6 is 0 Å². The molecule has 2 fully saturated rings. The summed E-state index contributed by atoms with van der Waals surface area (Å²) in [6.07, 6.45) is 6.82. The van der Waals surface area contributed by atoms with Crippen LogP contribution in [0.4, 0.5) is 0 Å². The second-order valence-corrected chi connectivity index (χ2v) is 7.68. The SMILES string of the molecule is O=C(c1cnc2c(c1)ncn2Cc1ccccc1)N1CCCC1C1(O)CC1. The lowest BCUT2D eigenvalue weighted by molar-refractivity contribution is 0.0386. The van der Waals surface area contributed by atoms with E-state index in [9.17, 15) is 9.90 Å². The Balaban J connectivity index is 1.41. The minimum atomic E-state index is -0.666. The average Bonchev–Trinajstić information content (AvgIpc) is 3.11. The number of hydrogen-bond acceptors (Lipinski definition) is 4. The Morgan fingerprint density at radius 2 is 2.04 bits per heavy atom. The van der Waals surface area contributed by atoms with Crippen molar-refractivity contribution in [1.29, 1.82) is 0 Å². The highest BCUT2D eigenvalue weighted by Crippen LogP contribution is 2.44. The van der Waals surface area contributed by atoms with Crippen molar-refractivity contribution in [1.82, 2.24) is 19.4 Å². The molecule has 1 aromatic carbocycles. The largest absolute Gasteiger partial charge is 0.388 e. The molecule has 1 saturated heterocycles. The van der Waals surface area contributed by atoms with Crippen LogP contribution in [0.15, 0.2) is 48.9 Å². The summed E-state index contributed by atoms with van der Waals surface area (Å²) in [6.45, 7) is 1.39. The predicted octanol–water partition coefficient (Wildman–Crippen LogP) is 2.61. The molecule has 1 unspecified atom stereocenters. The Bertz CT molecular complexity index is 994. The fourth-order valence-corrected chi connectivity index (χ4v) is 4.16. The molecule has 5 rings (SSSR count). The van der Waals surface area contributed by atoms with Crippen LogP contribution in [0.25, 0.3) is 11.2 Å². The van der Waals surface area contributed by atoms with Crippen molar-refractivity contribution in [3.63, 3.8) is 0 Å². The molecule has 3 aromatic rings. The maximum atomic E-state index is 13.0. The number of likely N-dealkylation sites (tertiary alicyclic amines) is 1. The van der Waals surface area contributed by atoms with Gasteiger partial charge in [-0.15, -0.1) is 0 Å². The maximum absolute atomic E-state index is 13.0. The van der Waals surface area contributed by atoms with E-state index < -0.39 is 5.60 Å². The number of hydrogen-bond donors (Lipinski definition) is 1. The van der Waals surface area contributed by atoms with Gasteiger partial charge in [0.25, 0.3) is 5.91 Å². The third kappa shape index (κ3) is 2.90. The molecular weight excluding hydrogens is 340 g/mol. The Hall–Kier alpha value is -2.73. The fourth-order valence-electron chi connectivity index (χ4n) is 4.16. The summed E-state index contributed by atoms with van der Waals surface area (Å²) in [4.78, 5) is 23.8. The van der Waals surface area contributed by atoms with Crippen LogP contribution in [-0.4, -0.2) is 48.6 Å². The second-order valence-electron chi connectivity index (χ2n) is 7.68. The van der Waals surface area contributed by atoms with Crippen molar-refractivity contribution < 1.29 is 9.90 Å². The normalized spacial score (nSPS) is 20.9. The summed E-state index contributed by atoms with van der Waals surface area (Å²) in [5.41, 5.74) is 2.55. The molecule has 0 bridgehead atoms. The Morgan fingerprint density at radius 3 is 2.81 bits per heavy atom. The summed E-state index contributed by atoms with van der Waals surface area (Å²) in [6, 6.07) is 11.9. The van der Waals surface area contributed by atoms with Crippen LogP contribution in [0.1, 0.15) is 41.6 Å². The predicted molar refractivity (Wildman–Crippen MR) is 101 cm³/mol. The molecule has 1 aliphatic carbocycles. The molecular formula is C21H22N4O2. The fraction of sp³-hybridized carbons (Fsp3) is 0.381. The van der Waals surface area contributed by atoms with Gasteiger partial charge in [0.1, 0.15) is 5.52 Å². The highest BCUT2D eigenvalue weighted by atomic mass is 16.3. The van der Waals surface area contributed by atoms with E-state index in [1.165, 1.54) is 5.56 Å². The number of aromatic nitrogens is 3. The number of carbonyl (C=O) groups is 1. The smallest absolute Gasteiger partial charge is 0.255 e.